The number of nitrogens with zero attached hydrogens (tertiary/aromatic N) is 2. The molecule has 2 nitrogen and oxygen atoms in total. The molecule has 0 aromatic carbocycles. The first kappa shape index (κ1) is 14.7. The summed E-state index contributed by atoms with van der Waals surface area (Å²) in [5.74, 6) is 0. The summed E-state index contributed by atoms with van der Waals surface area (Å²) in [4.78, 5) is 8.64. The van der Waals surface area contributed by atoms with Crippen LogP contribution < -0.4 is 0 Å². The fourth-order valence-electron chi connectivity index (χ4n) is 3.26. The molecule has 3 heteroatoms. The van der Waals surface area contributed by atoms with Crippen molar-refractivity contribution in [1.82, 2.24) is 9.88 Å². The van der Waals surface area contributed by atoms with Crippen molar-refractivity contribution in [1.29, 1.82) is 0 Å². The van der Waals surface area contributed by atoms with Gasteiger partial charge in [0.2, 0.25) is 0 Å². The van der Waals surface area contributed by atoms with Gasteiger partial charge in [-0.05, 0) is 62.2 Å². The third-order valence-corrected chi connectivity index (χ3v) is 5.48. The lowest BCUT2D eigenvalue weighted by atomic mass is 9.96. The molecular weight excluding hydrogens is 276 g/mol. The summed E-state index contributed by atoms with van der Waals surface area (Å²) in [5, 5.41) is 2.19. The van der Waals surface area contributed by atoms with Crippen LogP contribution in [0, 0.1) is 6.92 Å². The highest BCUT2D eigenvalue weighted by Gasteiger charge is 2.22. The minimum Gasteiger partial charge on any atom is -0.296 e. The van der Waals surface area contributed by atoms with Crippen molar-refractivity contribution in [2.24, 2.45) is 0 Å². The largest absolute Gasteiger partial charge is 0.296 e. The molecule has 1 fully saturated rings. The van der Waals surface area contributed by atoms with E-state index in [2.05, 4.69) is 46.5 Å². The molecule has 0 spiro atoms. The van der Waals surface area contributed by atoms with E-state index >= 15 is 0 Å². The van der Waals surface area contributed by atoms with E-state index < -0.39 is 0 Å². The van der Waals surface area contributed by atoms with E-state index in [-0.39, 0.29) is 0 Å². The Bertz CT molecular complexity index is 550. The molecule has 0 aliphatic carbocycles. The van der Waals surface area contributed by atoms with Crippen LogP contribution in [0.15, 0.2) is 35.8 Å². The van der Waals surface area contributed by atoms with Gasteiger partial charge < -0.3 is 0 Å². The molecular formula is C18H24N2S. The number of aromatic nitrogens is 1. The van der Waals surface area contributed by atoms with Crippen LogP contribution >= 0.6 is 11.3 Å². The molecule has 3 rings (SSSR count). The fourth-order valence-corrected chi connectivity index (χ4v) is 3.99. The Morgan fingerprint density at radius 2 is 2.24 bits per heavy atom. The molecule has 112 valence electrons. The van der Waals surface area contributed by atoms with Crippen LogP contribution in [0.25, 0.3) is 0 Å². The zero-order valence-electron chi connectivity index (χ0n) is 12.8. The molecule has 1 aliphatic rings. The van der Waals surface area contributed by atoms with Crippen molar-refractivity contribution in [2.75, 3.05) is 6.54 Å². The molecule has 2 aromatic rings. The molecule has 0 amide bonds. The van der Waals surface area contributed by atoms with E-state index in [1.54, 1.807) is 0 Å². The van der Waals surface area contributed by atoms with Crippen LogP contribution in [0.1, 0.15) is 41.8 Å². The minimum atomic E-state index is 0.737. The molecule has 1 aliphatic heterocycles. The number of hydrogen-bond donors (Lipinski definition) is 0. The number of rotatable bonds is 5. The maximum Gasteiger partial charge on any atom is 0.0417 e. The molecule has 1 unspecified atom stereocenters. The minimum absolute atomic E-state index is 0.737. The summed E-state index contributed by atoms with van der Waals surface area (Å²) in [7, 11) is 0. The van der Waals surface area contributed by atoms with Gasteiger partial charge in [-0.1, -0.05) is 18.6 Å². The molecule has 1 atom stereocenters. The highest BCUT2D eigenvalue weighted by molar-refractivity contribution is 7.09. The summed E-state index contributed by atoms with van der Waals surface area (Å²) < 4.78 is 0. The van der Waals surface area contributed by atoms with Crippen molar-refractivity contribution in [2.45, 2.75) is 51.6 Å². The first-order valence-electron chi connectivity index (χ1n) is 8.00. The monoisotopic (exact) mass is 300 g/mol. The third kappa shape index (κ3) is 3.92. The van der Waals surface area contributed by atoms with E-state index in [4.69, 9.17) is 0 Å². The Hall–Kier alpha value is -1.19. The molecule has 0 radical (unpaired) electrons. The predicted molar refractivity (Wildman–Crippen MR) is 89.7 cm³/mol. The van der Waals surface area contributed by atoms with Crippen LogP contribution in [0.4, 0.5) is 0 Å². The summed E-state index contributed by atoms with van der Waals surface area (Å²) in [6.45, 7) is 4.43. The summed E-state index contributed by atoms with van der Waals surface area (Å²) in [6, 6.07) is 9.46. The first-order valence-corrected chi connectivity index (χ1v) is 8.88. The van der Waals surface area contributed by atoms with Gasteiger partial charge in [-0.3, -0.25) is 9.88 Å². The number of pyridine rings is 1. The topological polar surface area (TPSA) is 16.1 Å². The summed E-state index contributed by atoms with van der Waals surface area (Å²) >= 11 is 1.89. The maximum atomic E-state index is 4.43. The van der Waals surface area contributed by atoms with Crippen molar-refractivity contribution in [3.05, 3.63) is 52.0 Å². The molecule has 0 N–H and O–H groups in total. The van der Waals surface area contributed by atoms with Gasteiger partial charge in [-0.25, -0.2) is 0 Å². The van der Waals surface area contributed by atoms with Crippen molar-refractivity contribution < 1.29 is 0 Å². The number of aryl methyl sites for hydroxylation is 2. The van der Waals surface area contributed by atoms with Gasteiger partial charge in [0, 0.05) is 29.4 Å². The van der Waals surface area contributed by atoms with Crippen LogP contribution in [0.2, 0.25) is 0 Å². The van der Waals surface area contributed by atoms with E-state index in [1.165, 1.54) is 54.8 Å². The van der Waals surface area contributed by atoms with E-state index in [0.29, 0.717) is 0 Å². The zero-order chi connectivity index (χ0) is 14.5. The Kier molecular flexibility index (Phi) is 5.04. The Balaban J connectivity index is 1.62. The zero-order valence-corrected chi connectivity index (χ0v) is 13.6. The second kappa shape index (κ2) is 7.19. The molecule has 0 bridgehead atoms. The third-order valence-electron chi connectivity index (χ3n) is 4.54. The van der Waals surface area contributed by atoms with Crippen molar-refractivity contribution in [3.63, 3.8) is 0 Å². The first-order chi connectivity index (χ1) is 10.3. The standard InChI is InChI=1S/C18H24N2S/c1-15-16(6-4-11-19-15)14-20-12-3-2-7-17(20)9-10-18-8-5-13-21-18/h4-6,8,11,13,17H,2-3,7,9-10,12,14H2,1H3. The van der Waals surface area contributed by atoms with Gasteiger partial charge in [-0.2, -0.15) is 0 Å². The van der Waals surface area contributed by atoms with Crippen LogP contribution in [0.5, 0.6) is 0 Å². The van der Waals surface area contributed by atoms with Gasteiger partial charge in [0.1, 0.15) is 0 Å². The number of likely N-dealkylation sites (tertiary alicyclic amines) is 1. The van der Waals surface area contributed by atoms with E-state index in [9.17, 15) is 0 Å². The smallest absolute Gasteiger partial charge is 0.0417 e. The highest BCUT2D eigenvalue weighted by atomic mass is 32.1. The van der Waals surface area contributed by atoms with Gasteiger partial charge in [0.15, 0.2) is 0 Å². The maximum absolute atomic E-state index is 4.43. The average Bonchev–Trinajstić information content (AvgIpc) is 3.02. The van der Waals surface area contributed by atoms with E-state index in [1.807, 2.05) is 17.5 Å². The lowest BCUT2D eigenvalue weighted by Crippen LogP contribution is -2.39. The van der Waals surface area contributed by atoms with E-state index in [0.717, 1.165) is 12.6 Å². The van der Waals surface area contributed by atoms with Gasteiger partial charge in [-0.15, -0.1) is 11.3 Å². The highest BCUT2D eigenvalue weighted by Crippen LogP contribution is 2.24. The lowest BCUT2D eigenvalue weighted by Gasteiger charge is -2.36. The second-order valence-corrected chi connectivity index (χ2v) is 7.02. The van der Waals surface area contributed by atoms with Crippen molar-refractivity contribution in [3.8, 4) is 0 Å². The average molecular weight is 300 g/mol. The van der Waals surface area contributed by atoms with Gasteiger partial charge >= 0.3 is 0 Å². The normalized spacial score (nSPS) is 19.8. The quantitative estimate of drug-likeness (QED) is 0.811. The molecule has 21 heavy (non-hydrogen) atoms. The second-order valence-electron chi connectivity index (χ2n) is 5.99. The fraction of sp³-hybridized carbons (Fsp3) is 0.500. The number of hydrogen-bond acceptors (Lipinski definition) is 3. The van der Waals surface area contributed by atoms with Gasteiger partial charge in [0.25, 0.3) is 0 Å². The molecule has 0 saturated carbocycles. The number of thiophene rings is 1. The molecule has 3 heterocycles. The molecule has 2 aromatic heterocycles. The summed E-state index contributed by atoms with van der Waals surface area (Å²) in [5.41, 5.74) is 2.57. The van der Waals surface area contributed by atoms with Crippen LogP contribution in [0.3, 0.4) is 0 Å². The predicted octanol–water partition coefficient (Wildman–Crippen LogP) is 4.44. The van der Waals surface area contributed by atoms with Crippen molar-refractivity contribution >= 4 is 11.3 Å². The van der Waals surface area contributed by atoms with Crippen LogP contribution in [-0.2, 0) is 13.0 Å². The van der Waals surface area contributed by atoms with Gasteiger partial charge in [0.05, 0.1) is 0 Å². The summed E-state index contributed by atoms with van der Waals surface area (Å²) in [6.07, 6.45) is 8.49. The molecule has 1 saturated heterocycles. The Labute approximate surface area is 131 Å². The number of piperidine rings is 1. The lowest BCUT2D eigenvalue weighted by molar-refractivity contribution is 0.132. The van der Waals surface area contributed by atoms with Crippen LogP contribution in [-0.4, -0.2) is 22.5 Å². The Morgan fingerprint density at radius 1 is 1.29 bits per heavy atom. The Morgan fingerprint density at radius 3 is 3.05 bits per heavy atom. The SMILES string of the molecule is Cc1ncccc1CN1CCCCC1CCc1cccs1.